The summed E-state index contributed by atoms with van der Waals surface area (Å²) in [4.78, 5) is 39.3. The van der Waals surface area contributed by atoms with Gasteiger partial charge in [0, 0.05) is 23.5 Å². The van der Waals surface area contributed by atoms with Crippen LogP contribution in [0.2, 0.25) is 0 Å². The van der Waals surface area contributed by atoms with Gasteiger partial charge < -0.3 is 16.5 Å². The third-order valence-electron chi connectivity index (χ3n) is 3.85. The first-order valence-corrected chi connectivity index (χ1v) is 8.00. The van der Waals surface area contributed by atoms with Gasteiger partial charge >= 0.3 is 0 Å². The van der Waals surface area contributed by atoms with Crippen LogP contribution in [0.4, 0.5) is 5.82 Å². The van der Waals surface area contributed by atoms with E-state index in [1.165, 1.54) is 6.07 Å². The number of hydrogen-bond donors (Lipinski definition) is 3. The average molecular weight is 350 g/mol. The van der Waals surface area contributed by atoms with Gasteiger partial charge in [-0.3, -0.25) is 14.6 Å². The van der Waals surface area contributed by atoms with E-state index in [0.717, 1.165) is 0 Å². The molecular weight excluding hydrogens is 332 g/mol. The molecule has 1 amide bonds. The molecule has 0 unspecified atom stereocenters. The molecule has 0 saturated carbocycles. The molecular formula is C18H18N6O2. The number of amides is 1. The second-order valence-corrected chi connectivity index (χ2v) is 6.04. The lowest BCUT2D eigenvalue weighted by atomic mass is 9.99. The number of rotatable bonds is 4. The number of aromatic nitrogens is 4. The number of nitrogen functional groups attached to an aromatic ring is 1. The van der Waals surface area contributed by atoms with Gasteiger partial charge in [-0.15, -0.1) is 0 Å². The Morgan fingerprint density at radius 3 is 2.50 bits per heavy atom. The lowest BCUT2D eigenvalue weighted by Gasteiger charge is -2.15. The minimum atomic E-state index is -0.778. The SMILES string of the molecule is CC(C)c1[nH]c(=O)ccc1-c1nc(C(N)=O)c(N)nc1-c1ccccn1. The van der Waals surface area contributed by atoms with Crippen LogP contribution in [0.5, 0.6) is 0 Å². The van der Waals surface area contributed by atoms with E-state index in [1.807, 2.05) is 19.9 Å². The van der Waals surface area contributed by atoms with Crippen LogP contribution >= 0.6 is 0 Å². The van der Waals surface area contributed by atoms with Crippen LogP contribution in [0.3, 0.4) is 0 Å². The second-order valence-electron chi connectivity index (χ2n) is 6.04. The highest BCUT2D eigenvalue weighted by molar-refractivity contribution is 5.96. The summed E-state index contributed by atoms with van der Waals surface area (Å²) in [5, 5.41) is 0. The molecule has 0 aromatic carbocycles. The Hall–Kier alpha value is -3.55. The minimum Gasteiger partial charge on any atom is -0.382 e. The Kier molecular flexibility index (Phi) is 4.49. The predicted octanol–water partition coefficient (Wildman–Crippen LogP) is 1.70. The summed E-state index contributed by atoms with van der Waals surface area (Å²) in [5.41, 5.74) is 13.5. The van der Waals surface area contributed by atoms with Crippen LogP contribution in [0.25, 0.3) is 22.6 Å². The van der Waals surface area contributed by atoms with Crippen molar-refractivity contribution in [3.8, 4) is 22.6 Å². The molecule has 0 fully saturated rings. The molecule has 8 nitrogen and oxygen atoms in total. The van der Waals surface area contributed by atoms with E-state index in [4.69, 9.17) is 11.5 Å². The molecule has 0 radical (unpaired) electrons. The van der Waals surface area contributed by atoms with Crippen LogP contribution in [-0.2, 0) is 0 Å². The largest absolute Gasteiger partial charge is 0.382 e. The Morgan fingerprint density at radius 1 is 1.12 bits per heavy atom. The number of nitrogens with two attached hydrogens (primary N) is 2. The molecule has 3 rings (SSSR count). The van der Waals surface area contributed by atoms with Crippen molar-refractivity contribution in [2.24, 2.45) is 5.73 Å². The van der Waals surface area contributed by atoms with Crippen LogP contribution in [-0.4, -0.2) is 25.8 Å². The number of nitrogens with one attached hydrogen (secondary N) is 1. The number of primary amides is 1. The van der Waals surface area contributed by atoms with E-state index >= 15 is 0 Å². The van der Waals surface area contributed by atoms with Crippen molar-refractivity contribution >= 4 is 11.7 Å². The van der Waals surface area contributed by atoms with Gasteiger partial charge in [-0.1, -0.05) is 19.9 Å². The number of carbonyl (C=O) groups is 1. The number of carbonyl (C=O) groups excluding carboxylic acids is 1. The molecule has 132 valence electrons. The van der Waals surface area contributed by atoms with Crippen molar-refractivity contribution in [3.05, 3.63) is 58.3 Å². The number of H-pyrrole nitrogens is 1. The quantitative estimate of drug-likeness (QED) is 0.654. The highest BCUT2D eigenvalue weighted by Crippen LogP contribution is 2.33. The third kappa shape index (κ3) is 3.16. The van der Waals surface area contributed by atoms with Crippen molar-refractivity contribution in [1.82, 2.24) is 19.9 Å². The first-order valence-electron chi connectivity index (χ1n) is 8.00. The van der Waals surface area contributed by atoms with E-state index in [2.05, 4.69) is 19.9 Å². The Bertz CT molecular complexity index is 1030. The van der Waals surface area contributed by atoms with Gasteiger partial charge in [0.25, 0.3) is 5.91 Å². The maximum Gasteiger partial charge on any atom is 0.271 e. The van der Waals surface area contributed by atoms with E-state index in [1.54, 1.807) is 24.4 Å². The second kappa shape index (κ2) is 6.75. The van der Waals surface area contributed by atoms with Crippen molar-refractivity contribution in [2.45, 2.75) is 19.8 Å². The Morgan fingerprint density at radius 2 is 1.88 bits per heavy atom. The van der Waals surface area contributed by atoms with Gasteiger partial charge in [-0.2, -0.15) is 0 Å². The number of hydrogen-bond acceptors (Lipinski definition) is 6. The molecule has 0 spiro atoms. The highest BCUT2D eigenvalue weighted by atomic mass is 16.1. The van der Waals surface area contributed by atoms with Gasteiger partial charge in [0.2, 0.25) is 5.56 Å². The van der Waals surface area contributed by atoms with Gasteiger partial charge in [-0.05, 0) is 24.1 Å². The fraction of sp³-hybridized carbons (Fsp3) is 0.167. The molecule has 5 N–H and O–H groups in total. The first kappa shape index (κ1) is 17.3. The topological polar surface area (TPSA) is 141 Å². The zero-order valence-corrected chi connectivity index (χ0v) is 14.4. The maximum atomic E-state index is 11.8. The molecule has 8 heteroatoms. The lowest BCUT2D eigenvalue weighted by molar-refractivity contribution is 0.0996. The highest BCUT2D eigenvalue weighted by Gasteiger charge is 2.21. The Balaban J connectivity index is 2.38. The van der Waals surface area contributed by atoms with Crippen LogP contribution in [0.15, 0.2) is 41.3 Å². The van der Waals surface area contributed by atoms with Gasteiger partial charge in [0.1, 0.15) is 11.4 Å². The van der Waals surface area contributed by atoms with Crippen molar-refractivity contribution in [3.63, 3.8) is 0 Å². The zero-order valence-electron chi connectivity index (χ0n) is 14.4. The number of aromatic amines is 1. The van der Waals surface area contributed by atoms with E-state index in [-0.39, 0.29) is 23.0 Å². The summed E-state index contributed by atoms with van der Waals surface area (Å²) < 4.78 is 0. The maximum absolute atomic E-state index is 11.8. The van der Waals surface area contributed by atoms with Gasteiger partial charge in [0.15, 0.2) is 11.5 Å². The van der Waals surface area contributed by atoms with Crippen molar-refractivity contribution in [1.29, 1.82) is 0 Å². The van der Waals surface area contributed by atoms with Crippen LogP contribution in [0, 0.1) is 0 Å². The number of anilines is 1. The Labute approximate surface area is 149 Å². The fourth-order valence-electron chi connectivity index (χ4n) is 2.65. The lowest BCUT2D eigenvalue weighted by Crippen LogP contribution is -2.18. The molecule has 3 aromatic rings. The molecule has 0 aliphatic heterocycles. The molecule has 0 atom stereocenters. The summed E-state index contributed by atoms with van der Waals surface area (Å²) in [5.74, 6) is -0.844. The van der Waals surface area contributed by atoms with E-state index < -0.39 is 5.91 Å². The normalized spacial score (nSPS) is 10.9. The smallest absolute Gasteiger partial charge is 0.271 e. The molecule has 0 bridgehead atoms. The fourth-order valence-corrected chi connectivity index (χ4v) is 2.65. The van der Waals surface area contributed by atoms with Crippen LogP contribution in [0.1, 0.15) is 35.9 Å². The summed E-state index contributed by atoms with van der Waals surface area (Å²) in [6.45, 7) is 3.88. The zero-order chi connectivity index (χ0) is 18.8. The monoisotopic (exact) mass is 350 g/mol. The molecule has 3 heterocycles. The van der Waals surface area contributed by atoms with E-state index in [9.17, 15) is 9.59 Å². The first-order chi connectivity index (χ1) is 12.4. The van der Waals surface area contributed by atoms with Crippen LogP contribution < -0.4 is 17.0 Å². The molecule has 3 aromatic heterocycles. The molecule has 0 saturated heterocycles. The minimum absolute atomic E-state index is 0.00636. The summed E-state index contributed by atoms with van der Waals surface area (Å²) in [6.07, 6.45) is 1.62. The van der Waals surface area contributed by atoms with E-state index in [0.29, 0.717) is 28.3 Å². The summed E-state index contributed by atoms with van der Waals surface area (Å²) >= 11 is 0. The van der Waals surface area contributed by atoms with Gasteiger partial charge in [0.05, 0.1) is 5.69 Å². The number of pyridine rings is 2. The predicted molar refractivity (Wildman–Crippen MR) is 98.3 cm³/mol. The van der Waals surface area contributed by atoms with Gasteiger partial charge in [-0.25, -0.2) is 9.97 Å². The summed E-state index contributed by atoms with van der Waals surface area (Å²) in [6, 6.07) is 8.38. The molecule has 0 aliphatic rings. The van der Waals surface area contributed by atoms with Crippen molar-refractivity contribution in [2.75, 3.05) is 5.73 Å². The average Bonchev–Trinajstić information content (AvgIpc) is 2.62. The molecule has 26 heavy (non-hydrogen) atoms. The summed E-state index contributed by atoms with van der Waals surface area (Å²) in [7, 11) is 0. The number of nitrogens with zero attached hydrogens (tertiary/aromatic N) is 3. The standard InChI is InChI=1S/C18H18N6O2/c1-9(2)13-10(6-7-12(25)22-13)14-15(11-5-3-4-8-21-11)24-17(19)16(23-14)18(20)26/h3-9H,1-2H3,(H2,19,24)(H2,20,26)(H,22,25). The van der Waals surface area contributed by atoms with Crippen molar-refractivity contribution < 1.29 is 4.79 Å². The third-order valence-corrected chi connectivity index (χ3v) is 3.85. The molecule has 0 aliphatic carbocycles.